The Kier molecular flexibility index (Phi) is 2.56. The highest BCUT2D eigenvalue weighted by Gasteiger charge is 2.27. The number of fused-ring (bicyclic) bond motifs is 1. The molecule has 1 aliphatic heterocycles. The minimum atomic E-state index is -2.93. The van der Waals surface area contributed by atoms with Gasteiger partial charge in [-0.3, -0.25) is 4.68 Å². The summed E-state index contributed by atoms with van der Waals surface area (Å²) < 4.78 is 24.8. The van der Waals surface area contributed by atoms with E-state index in [1.165, 1.54) is 0 Å². The average Bonchev–Trinajstić information content (AvgIpc) is 2.53. The fraction of sp³-hybridized carbons (Fsp3) is 0.667. The lowest BCUT2D eigenvalue weighted by Gasteiger charge is -2.11. The maximum Gasteiger partial charge on any atom is 0.154 e. The Labute approximate surface area is 89.2 Å². The number of nitrogens with two attached hydrogens (primary N) is 1. The highest BCUT2D eigenvalue weighted by atomic mass is 32.2. The lowest BCUT2D eigenvalue weighted by atomic mass is 10.1. The fourth-order valence-electron chi connectivity index (χ4n) is 1.99. The van der Waals surface area contributed by atoms with E-state index in [9.17, 15) is 8.42 Å². The molecule has 1 aliphatic rings. The molecule has 0 spiro atoms. The molecule has 2 N–H and O–H groups in total. The van der Waals surface area contributed by atoms with Gasteiger partial charge < -0.3 is 5.73 Å². The highest BCUT2D eigenvalue weighted by Crippen LogP contribution is 2.23. The van der Waals surface area contributed by atoms with Gasteiger partial charge in [-0.05, 0) is 6.92 Å². The molecule has 0 atom stereocenters. The van der Waals surface area contributed by atoms with Crippen LogP contribution in [0.5, 0.6) is 0 Å². The molecule has 0 aromatic carbocycles. The first-order valence-electron chi connectivity index (χ1n) is 5.05. The molecule has 0 saturated heterocycles. The van der Waals surface area contributed by atoms with Gasteiger partial charge in [0.05, 0.1) is 22.9 Å². The van der Waals surface area contributed by atoms with E-state index in [-0.39, 0.29) is 11.5 Å². The van der Waals surface area contributed by atoms with E-state index in [4.69, 9.17) is 5.73 Å². The van der Waals surface area contributed by atoms with E-state index >= 15 is 0 Å². The summed E-state index contributed by atoms with van der Waals surface area (Å²) in [5.74, 6) is 0.319. The molecular formula is C9H15N3O2S. The predicted octanol–water partition coefficient (Wildman–Crippen LogP) is -0.167. The normalized spacial score (nSPS) is 18.8. The molecule has 2 rings (SSSR count). The van der Waals surface area contributed by atoms with E-state index in [1.807, 2.05) is 11.6 Å². The SMILES string of the molecule is CCn1nc2c(c1CN)CS(=O)(=O)CC2. The Balaban J connectivity index is 2.52. The number of hydrogen-bond donors (Lipinski definition) is 1. The van der Waals surface area contributed by atoms with Crippen molar-refractivity contribution in [2.75, 3.05) is 5.75 Å². The molecule has 1 aromatic heterocycles. The molecule has 1 aromatic rings. The van der Waals surface area contributed by atoms with Crippen molar-refractivity contribution in [2.45, 2.75) is 32.2 Å². The second-order valence-electron chi connectivity index (χ2n) is 3.73. The predicted molar refractivity (Wildman–Crippen MR) is 57.0 cm³/mol. The molecule has 5 nitrogen and oxygen atoms in total. The van der Waals surface area contributed by atoms with Crippen LogP contribution in [0.15, 0.2) is 0 Å². The number of aryl methyl sites for hydroxylation is 2. The van der Waals surface area contributed by atoms with Crippen LogP contribution >= 0.6 is 0 Å². The Hall–Kier alpha value is -0.880. The molecule has 15 heavy (non-hydrogen) atoms. The van der Waals surface area contributed by atoms with Crippen molar-refractivity contribution in [3.8, 4) is 0 Å². The average molecular weight is 229 g/mol. The van der Waals surface area contributed by atoms with Crippen LogP contribution in [-0.4, -0.2) is 24.0 Å². The molecule has 0 fully saturated rings. The summed E-state index contributed by atoms with van der Waals surface area (Å²) in [4.78, 5) is 0. The Morgan fingerprint density at radius 3 is 2.87 bits per heavy atom. The molecule has 2 heterocycles. The van der Waals surface area contributed by atoms with Gasteiger partial charge in [-0.25, -0.2) is 8.42 Å². The van der Waals surface area contributed by atoms with Crippen LogP contribution < -0.4 is 5.73 Å². The van der Waals surface area contributed by atoms with Crippen LogP contribution in [0, 0.1) is 0 Å². The number of sulfone groups is 1. The van der Waals surface area contributed by atoms with Crippen molar-refractivity contribution in [3.63, 3.8) is 0 Å². The van der Waals surface area contributed by atoms with Gasteiger partial charge in [0.25, 0.3) is 0 Å². The monoisotopic (exact) mass is 229 g/mol. The summed E-state index contributed by atoms with van der Waals surface area (Å²) in [5.41, 5.74) is 8.25. The Bertz CT molecular complexity index is 476. The van der Waals surface area contributed by atoms with Crippen molar-refractivity contribution in [3.05, 3.63) is 17.0 Å². The summed E-state index contributed by atoms with van der Waals surface area (Å²) in [7, 11) is -2.93. The largest absolute Gasteiger partial charge is 0.325 e. The number of aromatic nitrogens is 2. The first-order valence-corrected chi connectivity index (χ1v) is 6.87. The first kappa shape index (κ1) is 10.6. The maximum absolute atomic E-state index is 11.5. The Morgan fingerprint density at radius 2 is 2.27 bits per heavy atom. The number of nitrogens with zero attached hydrogens (tertiary/aromatic N) is 2. The lowest BCUT2D eigenvalue weighted by Crippen LogP contribution is -2.19. The van der Waals surface area contributed by atoms with Gasteiger partial charge in [0.2, 0.25) is 0 Å². The zero-order chi connectivity index (χ0) is 11.1. The standard InChI is InChI=1S/C9H15N3O2S/c1-2-12-9(5-10)7-6-15(13,14)4-3-8(7)11-12/h2-6,10H2,1H3. The molecule has 6 heteroatoms. The van der Waals surface area contributed by atoms with E-state index < -0.39 is 9.84 Å². The summed E-state index contributed by atoms with van der Waals surface area (Å²) >= 11 is 0. The molecular weight excluding hydrogens is 214 g/mol. The van der Waals surface area contributed by atoms with E-state index in [0.29, 0.717) is 13.0 Å². The first-order chi connectivity index (χ1) is 7.07. The van der Waals surface area contributed by atoms with E-state index in [2.05, 4.69) is 5.10 Å². The quantitative estimate of drug-likeness (QED) is 0.764. The maximum atomic E-state index is 11.5. The minimum Gasteiger partial charge on any atom is -0.325 e. The molecule has 0 bridgehead atoms. The van der Waals surface area contributed by atoms with Gasteiger partial charge in [0.1, 0.15) is 0 Å². The van der Waals surface area contributed by atoms with Crippen LogP contribution in [0.2, 0.25) is 0 Å². The van der Waals surface area contributed by atoms with Gasteiger partial charge in [-0.1, -0.05) is 0 Å². The minimum absolute atomic E-state index is 0.106. The van der Waals surface area contributed by atoms with Gasteiger partial charge in [-0.15, -0.1) is 0 Å². The summed E-state index contributed by atoms with van der Waals surface area (Å²) in [6.07, 6.45) is 0.525. The van der Waals surface area contributed by atoms with Crippen molar-refractivity contribution in [2.24, 2.45) is 5.73 Å². The Morgan fingerprint density at radius 1 is 1.53 bits per heavy atom. The molecule has 0 amide bonds. The summed E-state index contributed by atoms with van der Waals surface area (Å²) in [6.45, 7) is 3.07. The number of hydrogen-bond acceptors (Lipinski definition) is 4. The molecule has 0 unspecified atom stereocenters. The van der Waals surface area contributed by atoms with Gasteiger partial charge >= 0.3 is 0 Å². The van der Waals surface area contributed by atoms with Gasteiger partial charge in [0, 0.05) is 25.1 Å². The third-order valence-corrected chi connectivity index (χ3v) is 4.31. The third-order valence-electron chi connectivity index (χ3n) is 2.76. The van der Waals surface area contributed by atoms with Crippen molar-refractivity contribution in [1.29, 1.82) is 0 Å². The van der Waals surface area contributed by atoms with Crippen LogP contribution in [0.1, 0.15) is 23.9 Å². The van der Waals surface area contributed by atoms with E-state index in [1.54, 1.807) is 0 Å². The van der Waals surface area contributed by atoms with Crippen LogP contribution in [0.4, 0.5) is 0 Å². The zero-order valence-corrected chi connectivity index (χ0v) is 9.55. The smallest absolute Gasteiger partial charge is 0.154 e. The van der Waals surface area contributed by atoms with Crippen molar-refractivity contribution >= 4 is 9.84 Å². The summed E-state index contributed by atoms with van der Waals surface area (Å²) in [6, 6.07) is 0. The van der Waals surface area contributed by atoms with E-state index in [0.717, 1.165) is 23.5 Å². The zero-order valence-electron chi connectivity index (χ0n) is 8.73. The fourth-order valence-corrected chi connectivity index (χ4v) is 3.41. The molecule has 0 saturated carbocycles. The second-order valence-corrected chi connectivity index (χ2v) is 5.92. The topological polar surface area (TPSA) is 78.0 Å². The van der Waals surface area contributed by atoms with Gasteiger partial charge in [-0.2, -0.15) is 5.10 Å². The van der Waals surface area contributed by atoms with Crippen molar-refractivity contribution in [1.82, 2.24) is 9.78 Å². The van der Waals surface area contributed by atoms with Crippen LogP contribution in [0.3, 0.4) is 0 Å². The summed E-state index contributed by atoms with van der Waals surface area (Å²) in [5, 5.41) is 4.38. The third kappa shape index (κ3) is 1.79. The lowest BCUT2D eigenvalue weighted by molar-refractivity contribution is 0.590. The molecule has 0 aliphatic carbocycles. The molecule has 0 radical (unpaired) electrons. The highest BCUT2D eigenvalue weighted by molar-refractivity contribution is 7.90. The van der Waals surface area contributed by atoms with Crippen LogP contribution in [-0.2, 0) is 35.1 Å². The van der Waals surface area contributed by atoms with Crippen LogP contribution in [0.25, 0.3) is 0 Å². The van der Waals surface area contributed by atoms with Gasteiger partial charge in [0.15, 0.2) is 9.84 Å². The molecule has 84 valence electrons. The second kappa shape index (κ2) is 3.61. The number of rotatable bonds is 2. The van der Waals surface area contributed by atoms with Crippen molar-refractivity contribution < 1.29 is 8.42 Å².